The number of hydrogen-bond donors (Lipinski definition) is 2. The number of ether oxygens (including phenoxy) is 1. The number of nitrogens with one attached hydrogen (secondary N) is 2. The number of nitrogens with zero attached hydrogens (tertiary/aromatic N) is 2. The van der Waals surface area contributed by atoms with Crippen molar-refractivity contribution in [2.24, 2.45) is 0 Å². The molecule has 2 N–H and O–H groups in total. The third-order valence-corrected chi connectivity index (χ3v) is 4.98. The molecule has 31 heavy (non-hydrogen) atoms. The summed E-state index contributed by atoms with van der Waals surface area (Å²) in [6.07, 6.45) is -0.578. The molecular formula is C22H22F3IN4O. The molecule has 9 heteroatoms. The number of benzene rings is 2. The number of halogens is 4. The monoisotopic (exact) mass is 542 g/mol. The minimum atomic E-state index is -4.58. The van der Waals surface area contributed by atoms with E-state index in [2.05, 4.69) is 50.1 Å². The highest BCUT2D eigenvalue weighted by Gasteiger charge is 2.35. The Hall–Kier alpha value is -2.56. The van der Waals surface area contributed by atoms with Crippen LogP contribution in [0.2, 0.25) is 0 Å². The van der Waals surface area contributed by atoms with E-state index in [-0.39, 0.29) is 11.8 Å². The van der Waals surface area contributed by atoms with E-state index in [0.29, 0.717) is 18.0 Å². The fraction of sp³-hybridized carbons (Fsp3) is 0.273. The number of unbranched alkanes of at least 4 members (excludes halogenated alkanes) is 2. The van der Waals surface area contributed by atoms with Gasteiger partial charge in [-0.05, 0) is 71.5 Å². The normalized spacial score (nSPS) is 11.3. The molecular weight excluding hydrogens is 520 g/mol. The van der Waals surface area contributed by atoms with Crippen LogP contribution in [0.4, 0.5) is 36.3 Å². The smallest absolute Gasteiger partial charge is 0.421 e. The zero-order valence-electron chi connectivity index (χ0n) is 16.8. The molecule has 0 unspecified atom stereocenters. The van der Waals surface area contributed by atoms with Crippen LogP contribution in [-0.4, -0.2) is 16.6 Å². The van der Waals surface area contributed by atoms with Gasteiger partial charge < -0.3 is 15.4 Å². The third-order valence-electron chi connectivity index (χ3n) is 4.31. The molecule has 164 valence electrons. The summed E-state index contributed by atoms with van der Waals surface area (Å²) in [7, 11) is 0. The summed E-state index contributed by atoms with van der Waals surface area (Å²) in [4.78, 5) is 7.90. The van der Waals surface area contributed by atoms with E-state index >= 15 is 0 Å². The van der Waals surface area contributed by atoms with Crippen molar-refractivity contribution in [1.29, 1.82) is 0 Å². The van der Waals surface area contributed by atoms with Crippen LogP contribution in [0.25, 0.3) is 0 Å². The molecule has 0 saturated carbocycles. The molecule has 3 rings (SSSR count). The molecule has 0 fully saturated rings. The van der Waals surface area contributed by atoms with Gasteiger partial charge in [0.25, 0.3) is 0 Å². The summed E-state index contributed by atoms with van der Waals surface area (Å²) >= 11 is 2.09. The van der Waals surface area contributed by atoms with Crippen LogP contribution in [0.3, 0.4) is 0 Å². The Morgan fingerprint density at radius 3 is 2.45 bits per heavy atom. The number of alkyl halides is 3. The standard InChI is InChI=1S/C22H22F3IN4O/c1-2-3-4-12-31-18-10-8-16(9-11-18)29-21-27-14-19(22(23,24)25)20(30-21)28-17-7-5-6-15(26)13-17/h5-11,13-14H,2-4,12H2,1H3,(H2,27,28,29,30). The lowest BCUT2D eigenvalue weighted by Gasteiger charge is -2.15. The van der Waals surface area contributed by atoms with Gasteiger partial charge in [-0.1, -0.05) is 25.8 Å². The largest absolute Gasteiger partial charge is 0.494 e. The topological polar surface area (TPSA) is 59.1 Å². The van der Waals surface area contributed by atoms with Crippen molar-refractivity contribution in [1.82, 2.24) is 9.97 Å². The summed E-state index contributed by atoms with van der Waals surface area (Å²) in [5.41, 5.74) is 0.209. The van der Waals surface area contributed by atoms with E-state index in [1.54, 1.807) is 42.5 Å². The lowest BCUT2D eigenvalue weighted by molar-refractivity contribution is -0.137. The summed E-state index contributed by atoms with van der Waals surface area (Å²) in [6, 6.07) is 14.1. The lowest BCUT2D eigenvalue weighted by Crippen LogP contribution is -2.12. The van der Waals surface area contributed by atoms with E-state index < -0.39 is 11.7 Å². The first-order chi connectivity index (χ1) is 14.8. The number of anilines is 4. The van der Waals surface area contributed by atoms with Crippen LogP contribution in [-0.2, 0) is 6.18 Å². The Morgan fingerprint density at radius 2 is 1.77 bits per heavy atom. The molecule has 0 aliphatic rings. The summed E-state index contributed by atoms with van der Waals surface area (Å²) in [5, 5.41) is 5.69. The van der Waals surface area contributed by atoms with Crippen molar-refractivity contribution < 1.29 is 17.9 Å². The van der Waals surface area contributed by atoms with Gasteiger partial charge in [0.15, 0.2) is 0 Å². The molecule has 0 spiro atoms. The maximum Gasteiger partial charge on any atom is 0.421 e. The summed E-state index contributed by atoms with van der Waals surface area (Å²) in [6.45, 7) is 2.78. The molecule has 0 amide bonds. The lowest BCUT2D eigenvalue weighted by atomic mass is 10.2. The van der Waals surface area contributed by atoms with E-state index in [9.17, 15) is 13.2 Å². The van der Waals surface area contributed by atoms with Gasteiger partial charge >= 0.3 is 6.18 Å². The minimum absolute atomic E-state index is 0.0535. The molecule has 3 aromatic rings. The molecule has 0 bridgehead atoms. The first-order valence-electron chi connectivity index (χ1n) is 9.82. The fourth-order valence-corrected chi connectivity index (χ4v) is 3.30. The molecule has 0 radical (unpaired) electrons. The molecule has 0 aliphatic carbocycles. The SMILES string of the molecule is CCCCCOc1ccc(Nc2ncc(C(F)(F)F)c(Nc3cccc(I)c3)n2)cc1. The van der Waals surface area contributed by atoms with Gasteiger partial charge in [0, 0.05) is 21.1 Å². The van der Waals surface area contributed by atoms with Gasteiger partial charge in [-0.2, -0.15) is 18.2 Å². The predicted octanol–water partition coefficient (Wildman–Crippen LogP) is 7.16. The zero-order valence-corrected chi connectivity index (χ0v) is 19.0. The Labute approximate surface area is 192 Å². The number of hydrogen-bond acceptors (Lipinski definition) is 5. The molecule has 0 aliphatic heterocycles. The number of rotatable bonds is 9. The highest BCUT2D eigenvalue weighted by Crippen LogP contribution is 2.35. The Kier molecular flexibility index (Phi) is 7.94. The van der Waals surface area contributed by atoms with E-state index in [1.165, 1.54) is 0 Å². The van der Waals surface area contributed by atoms with Crippen molar-refractivity contribution >= 4 is 45.7 Å². The molecule has 0 atom stereocenters. The predicted molar refractivity (Wildman–Crippen MR) is 124 cm³/mol. The second-order valence-corrected chi connectivity index (χ2v) is 8.04. The molecule has 1 aromatic heterocycles. The average Bonchev–Trinajstić information content (AvgIpc) is 2.72. The quantitative estimate of drug-likeness (QED) is 0.222. The van der Waals surface area contributed by atoms with Gasteiger partial charge in [-0.25, -0.2) is 4.98 Å². The Balaban J connectivity index is 1.75. The van der Waals surface area contributed by atoms with Gasteiger partial charge in [0.2, 0.25) is 5.95 Å². The third kappa shape index (κ3) is 6.98. The van der Waals surface area contributed by atoms with Crippen LogP contribution < -0.4 is 15.4 Å². The van der Waals surface area contributed by atoms with Crippen LogP contribution in [0.1, 0.15) is 31.7 Å². The minimum Gasteiger partial charge on any atom is -0.494 e. The van der Waals surface area contributed by atoms with Crippen molar-refractivity contribution in [3.05, 3.63) is 63.9 Å². The van der Waals surface area contributed by atoms with Gasteiger partial charge in [0.1, 0.15) is 17.1 Å². The van der Waals surface area contributed by atoms with Crippen LogP contribution in [0.15, 0.2) is 54.7 Å². The maximum atomic E-state index is 13.4. The van der Waals surface area contributed by atoms with Crippen molar-refractivity contribution in [3.63, 3.8) is 0 Å². The Bertz CT molecular complexity index is 997. The fourth-order valence-electron chi connectivity index (χ4n) is 2.75. The summed E-state index contributed by atoms with van der Waals surface area (Å²) < 4.78 is 46.8. The number of aromatic nitrogens is 2. The maximum absolute atomic E-state index is 13.4. The van der Waals surface area contributed by atoms with Gasteiger partial charge in [-0.3, -0.25) is 0 Å². The van der Waals surface area contributed by atoms with Gasteiger partial charge in [0.05, 0.1) is 6.61 Å². The van der Waals surface area contributed by atoms with Crippen LogP contribution in [0.5, 0.6) is 5.75 Å². The summed E-state index contributed by atoms with van der Waals surface area (Å²) in [5.74, 6) is 0.469. The van der Waals surface area contributed by atoms with Gasteiger partial charge in [-0.15, -0.1) is 0 Å². The van der Waals surface area contributed by atoms with Crippen LogP contribution in [0, 0.1) is 3.57 Å². The van der Waals surface area contributed by atoms with Crippen molar-refractivity contribution in [3.8, 4) is 5.75 Å². The highest BCUT2D eigenvalue weighted by atomic mass is 127. The molecule has 1 heterocycles. The molecule has 2 aromatic carbocycles. The van der Waals surface area contributed by atoms with Crippen molar-refractivity contribution in [2.75, 3.05) is 17.2 Å². The molecule has 5 nitrogen and oxygen atoms in total. The highest BCUT2D eigenvalue weighted by molar-refractivity contribution is 14.1. The second kappa shape index (κ2) is 10.7. The Morgan fingerprint density at radius 1 is 1.00 bits per heavy atom. The van der Waals surface area contributed by atoms with E-state index in [4.69, 9.17) is 4.74 Å². The first-order valence-corrected chi connectivity index (χ1v) is 10.9. The van der Waals surface area contributed by atoms with Crippen LogP contribution >= 0.6 is 22.6 Å². The molecule has 0 saturated heterocycles. The first kappa shape index (κ1) is 23.1. The average molecular weight is 542 g/mol. The van der Waals surface area contributed by atoms with E-state index in [0.717, 1.165) is 34.8 Å². The zero-order chi connectivity index (χ0) is 22.3. The van der Waals surface area contributed by atoms with Crippen molar-refractivity contribution in [2.45, 2.75) is 32.4 Å². The second-order valence-electron chi connectivity index (χ2n) is 6.79. The van der Waals surface area contributed by atoms with E-state index in [1.807, 2.05) is 6.07 Å².